The highest BCUT2D eigenvalue weighted by molar-refractivity contribution is 6.39. The minimum atomic E-state index is -0.219. The molecule has 292 valence electrons. The Morgan fingerprint density at radius 2 is 0.983 bits per heavy atom. The highest BCUT2D eigenvalue weighted by Gasteiger charge is 2.18. The summed E-state index contributed by atoms with van der Waals surface area (Å²) in [5.41, 5.74) is 6.08. The first-order valence-electron chi connectivity index (χ1n) is 17.6. The third-order valence-electron chi connectivity index (χ3n) is 8.85. The van der Waals surface area contributed by atoms with Crippen molar-refractivity contribution in [2.75, 3.05) is 14.2 Å². The summed E-state index contributed by atoms with van der Waals surface area (Å²) in [6.45, 7) is 0.780. The van der Waals surface area contributed by atoms with Crippen molar-refractivity contribution in [2.24, 2.45) is 0 Å². The highest BCUT2D eigenvalue weighted by Crippen LogP contribution is 2.37. The number of ether oxygens (including phenoxy) is 2. The van der Waals surface area contributed by atoms with Crippen LogP contribution >= 0.6 is 46.4 Å². The summed E-state index contributed by atoms with van der Waals surface area (Å²) in [7, 11) is 3.22. The van der Waals surface area contributed by atoms with Gasteiger partial charge < -0.3 is 28.9 Å². The maximum absolute atomic E-state index is 12.6. The van der Waals surface area contributed by atoms with Gasteiger partial charge in [0.2, 0.25) is 11.8 Å². The fraction of sp³-hybridized carbons (Fsp3) is 0.0909. The fourth-order valence-corrected chi connectivity index (χ4v) is 6.96. The summed E-state index contributed by atoms with van der Waals surface area (Å²) in [6.07, 6.45) is 0. The average molecular weight is 855 g/mol. The van der Waals surface area contributed by atoms with Crippen LogP contribution in [0.5, 0.6) is 11.5 Å². The molecule has 0 aliphatic carbocycles. The van der Waals surface area contributed by atoms with Gasteiger partial charge in [-0.2, -0.15) is 0 Å². The van der Waals surface area contributed by atoms with E-state index in [-0.39, 0.29) is 11.8 Å². The van der Waals surface area contributed by atoms with E-state index >= 15 is 0 Å². The van der Waals surface area contributed by atoms with Crippen LogP contribution in [0, 0.1) is 0 Å². The lowest BCUT2D eigenvalue weighted by molar-refractivity contribution is 0.0943. The van der Waals surface area contributed by atoms with Gasteiger partial charge in [-0.05, 0) is 96.1 Å². The molecule has 58 heavy (non-hydrogen) atoms. The number of nitrogens with zero attached hydrogens (tertiary/aromatic N) is 2. The number of oxazole rings is 2. The van der Waals surface area contributed by atoms with Crippen LogP contribution in [0.2, 0.25) is 20.1 Å². The maximum atomic E-state index is 12.6. The highest BCUT2D eigenvalue weighted by atomic mass is 35.5. The minimum Gasteiger partial charge on any atom is -0.497 e. The van der Waals surface area contributed by atoms with Gasteiger partial charge in [-0.3, -0.25) is 9.59 Å². The number of amides is 2. The van der Waals surface area contributed by atoms with Gasteiger partial charge in [0.1, 0.15) is 22.5 Å². The number of hydrogen-bond donors (Lipinski definition) is 2. The molecule has 0 radical (unpaired) electrons. The second-order valence-electron chi connectivity index (χ2n) is 12.7. The largest absolute Gasteiger partial charge is 0.497 e. The number of carbonyl (C=O) groups excluding carboxylic acids is 2. The molecule has 0 aliphatic rings. The number of hydrogen-bond acceptors (Lipinski definition) is 8. The SMILES string of the molecule is COc1ccc(CNC(=O)c2ccc3nc(-c4c(Cl)cccc4Cl)oc3c2)cc1.COc1cccc(CNC(=O)c2ccc3nc(-c4c(Cl)cccc4Cl)oc3c2)c1. The van der Waals surface area contributed by atoms with E-state index in [0.717, 1.165) is 22.6 Å². The predicted octanol–water partition coefficient (Wildman–Crippen LogP) is 11.5. The standard InChI is InChI=1S/2C22H16Cl2N2O3/c1-28-15-5-2-4-13(10-15)12-25-21(27)14-8-9-18-19(11-14)29-22(26-18)20-16(23)6-3-7-17(20)24;1-28-15-8-5-13(6-9-15)12-25-21(27)14-7-10-18-19(11-14)29-22(26-18)20-16(23)3-2-4-17(20)24/h2*2-11H,12H2,1H3,(H,25,27). The monoisotopic (exact) mass is 852 g/mol. The maximum Gasteiger partial charge on any atom is 0.251 e. The van der Waals surface area contributed by atoms with Gasteiger partial charge in [0, 0.05) is 24.2 Å². The third-order valence-corrected chi connectivity index (χ3v) is 10.1. The quantitative estimate of drug-likeness (QED) is 0.139. The van der Waals surface area contributed by atoms with Crippen LogP contribution in [0.1, 0.15) is 31.8 Å². The average Bonchev–Trinajstić information content (AvgIpc) is 3.86. The van der Waals surface area contributed by atoms with E-state index in [2.05, 4.69) is 20.6 Å². The molecule has 6 aromatic carbocycles. The van der Waals surface area contributed by atoms with Gasteiger partial charge in [0.15, 0.2) is 11.2 Å². The third kappa shape index (κ3) is 9.22. The number of methoxy groups -OCH3 is 2. The van der Waals surface area contributed by atoms with Gasteiger partial charge in [-0.1, -0.05) is 82.8 Å². The van der Waals surface area contributed by atoms with E-state index in [1.165, 1.54) is 0 Å². The summed E-state index contributed by atoms with van der Waals surface area (Å²) in [4.78, 5) is 34.0. The van der Waals surface area contributed by atoms with Crippen LogP contribution in [0.15, 0.2) is 130 Å². The summed E-state index contributed by atoms with van der Waals surface area (Å²) < 4.78 is 22.0. The molecule has 8 rings (SSSR count). The van der Waals surface area contributed by atoms with Gasteiger partial charge in [-0.15, -0.1) is 0 Å². The van der Waals surface area contributed by atoms with E-state index in [9.17, 15) is 9.59 Å². The second kappa shape index (κ2) is 18.0. The van der Waals surface area contributed by atoms with Gasteiger partial charge in [0.25, 0.3) is 11.8 Å². The summed E-state index contributed by atoms with van der Waals surface area (Å²) >= 11 is 24.9. The zero-order valence-electron chi connectivity index (χ0n) is 30.8. The molecule has 2 amide bonds. The zero-order chi connectivity index (χ0) is 40.8. The lowest BCUT2D eigenvalue weighted by atomic mass is 10.1. The van der Waals surface area contributed by atoms with Crippen molar-refractivity contribution < 1.29 is 27.9 Å². The van der Waals surface area contributed by atoms with Crippen molar-refractivity contribution in [1.29, 1.82) is 0 Å². The molecule has 0 bridgehead atoms. The Morgan fingerprint density at radius 3 is 1.45 bits per heavy atom. The van der Waals surface area contributed by atoms with Crippen LogP contribution in [0.4, 0.5) is 0 Å². The Morgan fingerprint density at radius 1 is 0.534 bits per heavy atom. The Kier molecular flexibility index (Phi) is 12.5. The topological polar surface area (TPSA) is 129 Å². The molecule has 14 heteroatoms. The normalized spacial score (nSPS) is 10.9. The summed E-state index contributed by atoms with van der Waals surface area (Å²) in [5, 5.41) is 7.56. The van der Waals surface area contributed by atoms with Gasteiger partial charge in [-0.25, -0.2) is 9.97 Å². The first kappa shape index (κ1) is 40.2. The fourth-order valence-electron chi connectivity index (χ4n) is 5.84. The molecule has 2 N–H and O–H groups in total. The van der Waals surface area contributed by atoms with E-state index < -0.39 is 0 Å². The lowest BCUT2D eigenvalue weighted by Gasteiger charge is -2.07. The minimum absolute atomic E-state index is 0.212. The number of aromatic nitrogens is 2. The number of halogens is 4. The van der Waals surface area contributed by atoms with Gasteiger partial charge >= 0.3 is 0 Å². The number of rotatable bonds is 10. The lowest BCUT2D eigenvalue weighted by Crippen LogP contribution is -2.22. The second-order valence-corrected chi connectivity index (χ2v) is 14.3. The van der Waals surface area contributed by atoms with Crippen LogP contribution in [-0.2, 0) is 13.1 Å². The van der Waals surface area contributed by atoms with E-state index in [0.29, 0.717) is 89.4 Å². The van der Waals surface area contributed by atoms with E-state index in [1.54, 1.807) is 87.0 Å². The predicted molar refractivity (Wildman–Crippen MR) is 227 cm³/mol. The Labute approximate surface area is 352 Å². The molecule has 10 nitrogen and oxygen atoms in total. The van der Waals surface area contributed by atoms with Crippen molar-refractivity contribution >= 4 is 80.4 Å². The molecule has 8 aromatic rings. The summed E-state index contributed by atoms with van der Waals surface area (Å²) in [5.74, 6) is 1.70. The molecule has 0 saturated carbocycles. The Hall–Kier alpha value is -6.04. The molecule has 2 heterocycles. The Balaban J connectivity index is 0.000000177. The molecule has 0 aliphatic heterocycles. The van der Waals surface area contributed by atoms with Crippen molar-refractivity contribution in [2.45, 2.75) is 13.1 Å². The first-order chi connectivity index (χ1) is 28.1. The molecular weight excluding hydrogens is 822 g/mol. The van der Waals surface area contributed by atoms with Crippen LogP contribution < -0.4 is 20.1 Å². The Bertz CT molecular complexity index is 2730. The van der Waals surface area contributed by atoms with E-state index in [4.69, 9.17) is 64.7 Å². The summed E-state index contributed by atoms with van der Waals surface area (Å²) in [6, 6.07) is 35.6. The molecular formula is C44H32Cl4N4O6. The van der Waals surface area contributed by atoms with Crippen LogP contribution in [0.25, 0.3) is 45.1 Å². The number of carbonyl (C=O) groups is 2. The van der Waals surface area contributed by atoms with Crippen LogP contribution in [-0.4, -0.2) is 36.0 Å². The molecule has 0 unspecified atom stereocenters. The van der Waals surface area contributed by atoms with Crippen molar-refractivity contribution in [3.05, 3.63) is 164 Å². The number of nitrogens with one attached hydrogen (secondary N) is 2. The van der Waals surface area contributed by atoms with Crippen molar-refractivity contribution in [1.82, 2.24) is 20.6 Å². The molecule has 2 aromatic heterocycles. The number of benzene rings is 6. The molecule has 0 saturated heterocycles. The zero-order valence-corrected chi connectivity index (χ0v) is 33.8. The van der Waals surface area contributed by atoms with E-state index in [1.807, 2.05) is 48.5 Å². The smallest absolute Gasteiger partial charge is 0.251 e. The molecule has 0 spiro atoms. The molecule has 0 fully saturated rings. The first-order valence-corrected chi connectivity index (χ1v) is 19.1. The van der Waals surface area contributed by atoms with Crippen molar-refractivity contribution in [3.63, 3.8) is 0 Å². The number of fused-ring (bicyclic) bond motifs is 2. The van der Waals surface area contributed by atoms with Crippen molar-refractivity contribution in [3.8, 4) is 34.4 Å². The molecule has 0 atom stereocenters. The van der Waals surface area contributed by atoms with Gasteiger partial charge in [0.05, 0.1) is 45.4 Å². The van der Waals surface area contributed by atoms with Crippen LogP contribution in [0.3, 0.4) is 0 Å².